The first kappa shape index (κ1) is 12.7. The fourth-order valence-electron chi connectivity index (χ4n) is 1.96. The summed E-state index contributed by atoms with van der Waals surface area (Å²) in [5.41, 5.74) is 0.807. The summed E-state index contributed by atoms with van der Waals surface area (Å²) in [5, 5.41) is 4.77. The van der Waals surface area contributed by atoms with Crippen molar-refractivity contribution in [3.8, 4) is 5.75 Å². The molecule has 20 heavy (non-hydrogen) atoms. The summed E-state index contributed by atoms with van der Waals surface area (Å²) in [6.07, 6.45) is 1.65. The number of rotatable bonds is 3. The van der Waals surface area contributed by atoms with Gasteiger partial charge in [-0.25, -0.2) is 9.97 Å². The Morgan fingerprint density at radius 2 is 2.00 bits per heavy atom. The number of pyridine rings is 2. The molecule has 0 fully saturated rings. The van der Waals surface area contributed by atoms with Crippen molar-refractivity contribution in [1.82, 2.24) is 9.97 Å². The van der Waals surface area contributed by atoms with E-state index in [4.69, 9.17) is 16.3 Å². The predicted octanol–water partition coefficient (Wildman–Crippen LogP) is 4.04. The molecule has 0 atom stereocenters. The highest BCUT2D eigenvalue weighted by Crippen LogP contribution is 2.26. The number of nitrogens with one attached hydrogen (secondary N) is 1. The number of methoxy groups -OCH3 is 1. The van der Waals surface area contributed by atoms with E-state index in [1.54, 1.807) is 25.4 Å². The maximum Gasteiger partial charge on any atom is 0.145 e. The van der Waals surface area contributed by atoms with E-state index >= 15 is 0 Å². The van der Waals surface area contributed by atoms with Gasteiger partial charge >= 0.3 is 0 Å². The van der Waals surface area contributed by atoms with Gasteiger partial charge in [0, 0.05) is 16.6 Å². The largest absolute Gasteiger partial charge is 0.494 e. The monoisotopic (exact) mass is 285 g/mol. The quantitative estimate of drug-likeness (QED) is 0.789. The molecule has 0 aliphatic rings. The van der Waals surface area contributed by atoms with Gasteiger partial charge < -0.3 is 10.1 Å². The lowest BCUT2D eigenvalue weighted by Crippen LogP contribution is -1.96. The van der Waals surface area contributed by atoms with Crippen LogP contribution in [0.4, 0.5) is 11.6 Å². The Morgan fingerprint density at radius 1 is 1.10 bits per heavy atom. The zero-order valence-electron chi connectivity index (χ0n) is 10.8. The van der Waals surface area contributed by atoms with Crippen molar-refractivity contribution in [2.75, 3.05) is 12.4 Å². The second-order valence-electron chi connectivity index (χ2n) is 4.21. The summed E-state index contributed by atoms with van der Waals surface area (Å²) in [5.74, 6) is 2.08. The Hall–Kier alpha value is -2.33. The van der Waals surface area contributed by atoms with Crippen molar-refractivity contribution >= 4 is 34.1 Å². The Kier molecular flexibility index (Phi) is 3.39. The molecule has 2 heterocycles. The molecule has 0 bridgehead atoms. The van der Waals surface area contributed by atoms with Crippen LogP contribution in [0.25, 0.3) is 10.9 Å². The molecule has 0 amide bonds. The molecule has 0 saturated carbocycles. The van der Waals surface area contributed by atoms with Crippen molar-refractivity contribution in [1.29, 1.82) is 0 Å². The van der Waals surface area contributed by atoms with Gasteiger partial charge in [-0.1, -0.05) is 23.7 Å². The van der Waals surface area contributed by atoms with Gasteiger partial charge in [0.15, 0.2) is 0 Å². The third-order valence-electron chi connectivity index (χ3n) is 2.88. The summed E-state index contributed by atoms with van der Waals surface area (Å²) in [6.45, 7) is 0. The minimum atomic E-state index is 0.626. The second kappa shape index (κ2) is 5.35. The van der Waals surface area contributed by atoms with Gasteiger partial charge in [-0.15, -0.1) is 0 Å². The van der Waals surface area contributed by atoms with Crippen molar-refractivity contribution < 1.29 is 4.74 Å². The molecule has 5 heteroatoms. The maximum absolute atomic E-state index is 5.93. The summed E-state index contributed by atoms with van der Waals surface area (Å²) in [7, 11) is 1.63. The molecule has 0 unspecified atom stereocenters. The van der Waals surface area contributed by atoms with E-state index in [0.29, 0.717) is 16.7 Å². The number of para-hydroxylation sites is 1. The maximum atomic E-state index is 5.93. The van der Waals surface area contributed by atoms with Crippen LogP contribution in [0.2, 0.25) is 5.02 Å². The predicted molar refractivity (Wildman–Crippen MR) is 80.8 cm³/mol. The van der Waals surface area contributed by atoms with Gasteiger partial charge in [0.25, 0.3) is 0 Å². The van der Waals surface area contributed by atoms with Gasteiger partial charge in [0.05, 0.1) is 7.11 Å². The Bertz CT molecular complexity index is 761. The first-order valence-electron chi connectivity index (χ1n) is 6.08. The van der Waals surface area contributed by atoms with Gasteiger partial charge in [-0.3, -0.25) is 0 Å². The topological polar surface area (TPSA) is 47.0 Å². The number of ether oxygens (including phenoxy) is 1. The first-order chi connectivity index (χ1) is 9.76. The zero-order chi connectivity index (χ0) is 13.9. The van der Waals surface area contributed by atoms with E-state index < -0.39 is 0 Å². The van der Waals surface area contributed by atoms with Gasteiger partial charge in [-0.05, 0) is 30.3 Å². The highest BCUT2D eigenvalue weighted by molar-refractivity contribution is 6.30. The minimum Gasteiger partial charge on any atom is -0.494 e. The lowest BCUT2D eigenvalue weighted by atomic mass is 10.2. The molecule has 4 nitrogen and oxygen atoms in total. The van der Waals surface area contributed by atoms with Crippen LogP contribution in [0.1, 0.15) is 0 Å². The fraction of sp³-hybridized carbons (Fsp3) is 0.0667. The summed E-state index contributed by atoms with van der Waals surface area (Å²) in [4.78, 5) is 8.74. The van der Waals surface area contributed by atoms with Crippen LogP contribution in [0, 0.1) is 0 Å². The van der Waals surface area contributed by atoms with Crippen LogP contribution in [-0.2, 0) is 0 Å². The number of hydrogen-bond donors (Lipinski definition) is 1. The average molecular weight is 286 g/mol. The molecule has 2 aromatic heterocycles. The van der Waals surface area contributed by atoms with E-state index in [0.717, 1.165) is 16.7 Å². The van der Waals surface area contributed by atoms with Gasteiger partial charge in [-0.2, -0.15) is 0 Å². The summed E-state index contributed by atoms with van der Waals surface area (Å²) >= 11 is 5.93. The van der Waals surface area contributed by atoms with Gasteiger partial charge in [0.2, 0.25) is 0 Å². The number of hydrogen-bond acceptors (Lipinski definition) is 4. The van der Waals surface area contributed by atoms with Crippen LogP contribution < -0.4 is 10.1 Å². The van der Waals surface area contributed by atoms with Crippen molar-refractivity contribution in [2.45, 2.75) is 0 Å². The molecule has 3 aromatic rings. The van der Waals surface area contributed by atoms with E-state index in [-0.39, 0.29) is 0 Å². The number of aromatic nitrogens is 2. The highest BCUT2D eigenvalue weighted by atomic mass is 35.5. The van der Waals surface area contributed by atoms with Crippen LogP contribution in [0.5, 0.6) is 5.75 Å². The van der Waals surface area contributed by atoms with Crippen LogP contribution in [-0.4, -0.2) is 17.1 Å². The third-order valence-corrected chi connectivity index (χ3v) is 3.12. The minimum absolute atomic E-state index is 0.626. The molecule has 100 valence electrons. The summed E-state index contributed by atoms with van der Waals surface area (Å²) in [6, 6.07) is 13.2. The van der Waals surface area contributed by atoms with Crippen LogP contribution in [0.3, 0.4) is 0 Å². The number of fused-ring (bicyclic) bond motifs is 1. The van der Waals surface area contributed by atoms with E-state index in [1.165, 1.54) is 0 Å². The van der Waals surface area contributed by atoms with Crippen molar-refractivity contribution in [3.05, 3.63) is 53.7 Å². The lowest BCUT2D eigenvalue weighted by molar-refractivity contribution is 0.419. The zero-order valence-corrected chi connectivity index (χ0v) is 11.6. The molecule has 0 spiro atoms. The molecule has 0 aliphatic carbocycles. The van der Waals surface area contributed by atoms with Crippen molar-refractivity contribution in [2.24, 2.45) is 0 Å². The molecule has 0 radical (unpaired) electrons. The lowest BCUT2D eigenvalue weighted by Gasteiger charge is -2.08. The van der Waals surface area contributed by atoms with E-state index in [1.807, 2.05) is 30.3 Å². The van der Waals surface area contributed by atoms with E-state index in [2.05, 4.69) is 15.3 Å². The Balaban J connectivity index is 2.00. The normalized spacial score (nSPS) is 10.5. The Labute approximate surface area is 121 Å². The van der Waals surface area contributed by atoms with Gasteiger partial charge in [0.1, 0.15) is 22.9 Å². The number of anilines is 2. The number of benzene rings is 1. The molecule has 1 N–H and O–H groups in total. The molecule has 0 aliphatic heterocycles. The fourth-order valence-corrected chi connectivity index (χ4v) is 2.12. The third kappa shape index (κ3) is 2.51. The van der Waals surface area contributed by atoms with Crippen molar-refractivity contribution in [3.63, 3.8) is 0 Å². The van der Waals surface area contributed by atoms with Crippen LogP contribution >= 0.6 is 11.6 Å². The molecular weight excluding hydrogens is 274 g/mol. The summed E-state index contributed by atoms with van der Waals surface area (Å²) < 4.78 is 5.32. The second-order valence-corrected chi connectivity index (χ2v) is 4.65. The molecule has 1 aromatic carbocycles. The molecule has 3 rings (SSSR count). The number of nitrogens with zero attached hydrogens (tertiary/aromatic N) is 2. The van der Waals surface area contributed by atoms with E-state index in [9.17, 15) is 0 Å². The average Bonchev–Trinajstić information content (AvgIpc) is 2.46. The SMILES string of the molecule is COc1cccc2ccc(Nc3cc(Cl)ccn3)nc12. The number of halogens is 1. The van der Waals surface area contributed by atoms with Crippen LogP contribution in [0.15, 0.2) is 48.7 Å². The standard InChI is InChI=1S/C15H12ClN3O/c1-20-12-4-2-3-10-5-6-13(19-15(10)12)18-14-9-11(16)7-8-17-14/h2-9H,1H3,(H,17,18,19). The molecular formula is C15H12ClN3O. The first-order valence-corrected chi connectivity index (χ1v) is 6.46. The highest BCUT2D eigenvalue weighted by Gasteiger charge is 2.05. The Morgan fingerprint density at radius 3 is 2.80 bits per heavy atom. The smallest absolute Gasteiger partial charge is 0.145 e. The molecule has 0 saturated heterocycles.